The van der Waals surface area contributed by atoms with E-state index in [-0.39, 0.29) is 11.7 Å². The van der Waals surface area contributed by atoms with E-state index in [0.717, 1.165) is 12.0 Å². The number of carbonyl (C=O) groups is 1. The van der Waals surface area contributed by atoms with Crippen LogP contribution in [0.5, 0.6) is 0 Å². The predicted molar refractivity (Wildman–Crippen MR) is 110 cm³/mol. The third-order valence-corrected chi connectivity index (χ3v) is 6.44. The number of nitrogens with one attached hydrogen (secondary N) is 1. The van der Waals surface area contributed by atoms with Crippen LogP contribution in [0.25, 0.3) is 6.08 Å². The lowest BCUT2D eigenvalue weighted by Gasteiger charge is -2.28. The molecule has 5 nitrogen and oxygen atoms in total. The summed E-state index contributed by atoms with van der Waals surface area (Å²) in [4.78, 5) is 12.6. The molecule has 0 atom stereocenters. The Morgan fingerprint density at radius 2 is 1.78 bits per heavy atom. The van der Waals surface area contributed by atoms with Crippen LogP contribution in [-0.2, 0) is 14.8 Å². The fourth-order valence-corrected chi connectivity index (χ4v) is 4.72. The first-order valence-electron chi connectivity index (χ1n) is 9.17. The van der Waals surface area contributed by atoms with Crippen molar-refractivity contribution < 1.29 is 13.2 Å². The van der Waals surface area contributed by atoms with Crippen LogP contribution in [0.2, 0.25) is 0 Å². The van der Waals surface area contributed by atoms with Gasteiger partial charge >= 0.3 is 0 Å². The van der Waals surface area contributed by atoms with Gasteiger partial charge in [-0.1, -0.05) is 37.3 Å². The zero-order valence-electron chi connectivity index (χ0n) is 15.4. The smallest absolute Gasteiger partial charge is 0.251 e. The molecule has 2 aromatic rings. The summed E-state index contributed by atoms with van der Waals surface area (Å²) in [6.07, 6.45) is 4.07. The fraction of sp³-hybridized carbons (Fsp3) is 0.286. The van der Waals surface area contributed by atoms with E-state index >= 15 is 0 Å². The normalized spacial score (nSPS) is 16.8. The van der Waals surface area contributed by atoms with Gasteiger partial charge < -0.3 is 5.32 Å². The average molecular weight is 385 g/mol. The Labute approximate surface area is 160 Å². The maximum Gasteiger partial charge on any atom is 0.251 e. The minimum absolute atomic E-state index is 0.153. The van der Waals surface area contributed by atoms with Crippen LogP contribution in [0.4, 0.5) is 11.4 Å². The number of carbonyl (C=O) groups excluding carboxylic acids is 1. The summed E-state index contributed by atoms with van der Waals surface area (Å²) in [5, 5.41) is 2.89. The van der Waals surface area contributed by atoms with Crippen LogP contribution in [0.1, 0.15) is 31.7 Å². The third-order valence-electron chi connectivity index (χ3n) is 4.58. The molecular weight excluding hydrogens is 360 g/mol. The number of sulfonamides is 1. The summed E-state index contributed by atoms with van der Waals surface area (Å²) in [7, 11) is -3.23. The molecule has 0 unspecified atom stereocenters. The maximum absolute atomic E-state index is 12.6. The molecule has 0 aliphatic carbocycles. The Morgan fingerprint density at radius 1 is 1.07 bits per heavy atom. The van der Waals surface area contributed by atoms with Crippen molar-refractivity contribution in [1.29, 1.82) is 0 Å². The van der Waals surface area contributed by atoms with E-state index in [1.165, 1.54) is 4.31 Å². The quantitative estimate of drug-likeness (QED) is 0.791. The Morgan fingerprint density at radius 3 is 2.41 bits per heavy atom. The third kappa shape index (κ3) is 4.77. The van der Waals surface area contributed by atoms with Crippen molar-refractivity contribution >= 4 is 33.4 Å². The van der Waals surface area contributed by atoms with Crippen LogP contribution in [0.3, 0.4) is 0 Å². The van der Waals surface area contributed by atoms with Crippen LogP contribution in [-0.4, -0.2) is 26.6 Å². The van der Waals surface area contributed by atoms with Gasteiger partial charge in [0.1, 0.15) is 0 Å². The van der Waals surface area contributed by atoms with Gasteiger partial charge in [0, 0.05) is 17.8 Å². The number of amides is 1. The van der Waals surface area contributed by atoms with E-state index in [1.54, 1.807) is 24.3 Å². The van der Waals surface area contributed by atoms with E-state index in [9.17, 15) is 13.2 Å². The number of rotatable bonds is 5. The molecule has 1 heterocycles. The Hall–Kier alpha value is -2.60. The number of hydrogen-bond acceptors (Lipinski definition) is 3. The first kappa shape index (κ1) is 19.2. The zero-order chi connectivity index (χ0) is 19.3. The molecule has 27 heavy (non-hydrogen) atoms. The lowest BCUT2D eigenvalue weighted by atomic mass is 10.1. The van der Waals surface area contributed by atoms with E-state index in [4.69, 9.17) is 0 Å². The standard InChI is InChI=1S/C21H24N2O3S/c1-2-18(16-17-8-4-3-5-9-17)21(24)22-19-10-12-20(13-11-19)23-14-6-7-15-27(23,25)26/h3-5,8-13,16H,2,6-7,14-15H2,1H3,(H,22,24)/b18-16+. The Balaban J connectivity index is 1.72. The minimum atomic E-state index is -3.23. The second-order valence-corrected chi connectivity index (χ2v) is 8.54. The molecule has 6 heteroatoms. The molecule has 142 valence electrons. The molecule has 0 bridgehead atoms. The largest absolute Gasteiger partial charge is 0.322 e. The van der Waals surface area contributed by atoms with Gasteiger partial charge in [0.25, 0.3) is 5.91 Å². The van der Waals surface area contributed by atoms with Crippen LogP contribution in [0.15, 0.2) is 60.2 Å². The molecule has 1 fully saturated rings. The zero-order valence-corrected chi connectivity index (χ0v) is 16.2. The molecule has 1 amide bonds. The number of anilines is 2. The molecule has 1 N–H and O–H groups in total. The average Bonchev–Trinajstić information content (AvgIpc) is 2.67. The van der Waals surface area contributed by atoms with Crippen molar-refractivity contribution in [2.75, 3.05) is 21.9 Å². The second kappa shape index (κ2) is 8.39. The van der Waals surface area contributed by atoms with Gasteiger partial charge in [-0.05, 0) is 55.2 Å². The van der Waals surface area contributed by atoms with Crippen LogP contribution in [0, 0.1) is 0 Å². The predicted octanol–water partition coefficient (Wildman–Crippen LogP) is 4.05. The van der Waals surface area contributed by atoms with E-state index in [2.05, 4.69) is 5.32 Å². The van der Waals surface area contributed by atoms with E-state index in [0.29, 0.717) is 36.3 Å². The van der Waals surface area contributed by atoms with Gasteiger partial charge in [-0.3, -0.25) is 9.10 Å². The van der Waals surface area contributed by atoms with Gasteiger partial charge in [0.15, 0.2) is 0 Å². The highest BCUT2D eigenvalue weighted by Crippen LogP contribution is 2.25. The van der Waals surface area contributed by atoms with Gasteiger partial charge in [-0.25, -0.2) is 8.42 Å². The number of benzene rings is 2. The van der Waals surface area contributed by atoms with Gasteiger partial charge in [-0.2, -0.15) is 0 Å². The van der Waals surface area contributed by atoms with Crippen molar-refractivity contribution in [3.8, 4) is 0 Å². The molecule has 2 aromatic carbocycles. The molecule has 1 saturated heterocycles. The summed E-state index contributed by atoms with van der Waals surface area (Å²) in [6, 6.07) is 16.7. The molecule has 0 saturated carbocycles. The highest BCUT2D eigenvalue weighted by Gasteiger charge is 2.25. The number of nitrogens with zero attached hydrogens (tertiary/aromatic N) is 1. The topological polar surface area (TPSA) is 66.5 Å². The Bertz CT molecular complexity index is 920. The van der Waals surface area contributed by atoms with E-state index < -0.39 is 10.0 Å². The molecule has 3 rings (SSSR count). The molecule has 0 aromatic heterocycles. The van der Waals surface area contributed by atoms with Crippen LogP contribution >= 0.6 is 0 Å². The molecule has 1 aliphatic rings. The van der Waals surface area contributed by atoms with Crippen molar-refractivity contribution in [3.63, 3.8) is 0 Å². The van der Waals surface area contributed by atoms with Gasteiger partial charge in [-0.15, -0.1) is 0 Å². The summed E-state index contributed by atoms with van der Waals surface area (Å²) >= 11 is 0. The maximum atomic E-state index is 12.6. The minimum Gasteiger partial charge on any atom is -0.322 e. The summed E-state index contributed by atoms with van der Waals surface area (Å²) in [5.41, 5.74) is 2.95. The van der Waals surface area contributed by atoms with E-state index in [1.807, 2.05) is 43.3 Å². The number of hydrogen-bond donors (Lipinski definition) is 1. The SMILES string of the molecule is CC/C(=C\c1ccccc1)C(=O)Nc1ccc(N2CCCCS2(=O)=O)cc1. The fourth-order valence-electron chi connectivity index (χ4n) is 3.08. The van der Waals surface area contributed by atoms with Crippen LogP contribution < -0.4 is 9.62 Å². The van der Waals surface area contributed by atoms with Crippen molar-refractivity contribution in [3.05, 3.63) is 65.7 Å². The monoisotopic (exact) mass is 384 g/mol. The summed E-state index contributed by atoms with van der Waals surface area (Å²) in [6.45, 7) is 2.45. The first-order valence-corrected chi connectivity index (χ1v) is 10.8. The highest BCUT2D eigenvalue weighted by molar-refractivity contribution is 7.92. The molecule has 0 radical (unpaired) electrons. The second-order valence-electron chi connectivity index (χ2n) is 6.53. The summed E-state index contributed by atoms with van der Waals surface area (Å²) in [5.74, 6) is 0.0370. The van der Waals surface area contributed by atoms with Gasteiger partial charge in [0.05, 0.1) is 11.4 Å². The highest BCUT2D eigenvalue weighted by atomic mass is 32.2. The molecule has 0 spiro atoms. The van der Waals surface area contributed by atoms with Crippen molar-refractivity contribution in [2.45, 2.75) is 26.2 Å². The Kier molecular flexibility index (Phi) is 5.96. The van der Waals surface area contributed by atoms with Gasteiger partial charge in [0.2, 0.25) is 10.0 Å². The lowest BCUT2D eigenvalue weighted by molar-refractivity contribution is -0.112. The summed E-state index contributed by atoms with van der Waals surface area (Å²) < 4.78 is 25.8. The molecular formula is C21H24N2O3S. The van der Waals surface area contributed by atoms with Crippen molar-refractivity contribution in [2.24, 2.45) is 0 Å². The lowest BCUT2D eigenvalue weighted by Crippen LogP contribution is -2.37. The molecule has 1 aliphatic heterocycles. The first-order chi connectivity index (χ1) is 13.0. The van der Waals surface area contributed by atoms with Crippen molar-refractivity contribution in [1.82, 2.24) is 0 Å².